The molecule has 0 heterocycles. The van der Waals surface area contributed by atoms with Gasteiger partial charge in [0.2, 0.25) is 0 Å². The van der Waals surface area contributed by atoms with E-state index in [1.165, 1.54) is 11.1 Å². The zero-order valence-corrected chi connectivity index (χ0v) is 11.5. The van der Waals surface area contributed by atoms with Crippen molar-refractivity contribution in [2.24, 2.45) is 0 Å². The average Bonchev–Trinajstić information content (AvgIpc) is 2.28. The molecule has 18 heavy (non-hydrogen) atoms. The maximum Gasteiger partial charge on any atom is 0.315 e. The highest BCUT2D eigenvalue weighted by molar-refractivity contribution is 5.74. The molecule has 0 fully saturated rings. The highest BCUT2D eigenvalue weighted by Crippen LogP contribution is 2.15. The van der Waals surface area contributed by atoms with Crippen LogP contribution >= 0.6 is 0 Å². The number of hydrogen-bond acceptors (Lipinski definition) is 2. The Morgan fingerprint density at radius 2 is 2.00 bits per heavy atom. The summed E-state index contributed by atoms with van der Waals surface area (Å²) >= 11 is 0. The molecular formula is C14H22N2O2. The van der Waals surface area contributed by atoms with Crippen LogP contribution in [0.5, 0.6) is 5.75 Å². The van der Waals surface area contributed by atoms with Gasteiger partial charge in [-0.2, -0.15) is 0 Å². The Kier molecular flexibility index (Phi) is 5.49. The van der Waals surface area contributed by atoms with Gasteiger partial charge in [-0.25, -0.2) is 4.79 Å². The maximum absolute atomic E-state index is 11.3. The molecule has 1 rings (SSSR count). The van der Waals surface area contributed by atoms with E-state index in [-0.39, 0.29) is 12.1 Å². The molecule has 0 saturated heterocycles. The van der Waals surface area contributed by atoms with Gasteiger partial charge in [0.25, 0.3) is 0 Å². The Hall–Kier alpha value is -1.71. The number of benzene rings is 1. The summed E-state index contributed by atoms with van der Waals surface area (Å²) in [5, 5.41) is 5.49. The molecule has 4 nitrogen and oxygen atoms in total. The van der Waals surface area contributed by atoms with E-state index in [9.17, 15) is 4.79 Å². The van der Waals surface area contributed by atoms with Crippen LogP contribution in [0.1, 0.15) is 25.0 Å². The van der Waals surface area contributed by atoms with Gasteiger partial charge in [0.1, 0.15) is 12.4 Å². The van der Waals surface area contributed by atoms with Crippen molar-refractivity contribution in [3.8, 4) is 5.75 Å². The minimum absolute atomic E-state index is 0.144. The number of hydrogen-bond donors (Lipinski definition) is 2. The number of aryl methyl sites for hydroxylation is 2. The molecule has 1 aromatic carbocycles. The van der Waals surface area contributed by atoms with Gasteiger partial charge in [-0.05, 0) is 51.0 Å². The van der Waals surface area contributed by atoms with Crippen LogP contribution in [0.15, 0.2) is 18.2 Å². The quantitative estimate of drug-likeness (QED) is 0.788. The van der Waals surface area contributed by atoms with Crippen LogP contribution in [0.3, 0.4) is 0 Å². The molecule has 4 heteroatoms. The van der Waals surface area contributed by atoms with Crippen LogP contribution < -0.4 is 15.4 Å². The standard InChI is InChI=1S/C14H22N2O2/c1-10(2)16-14(17)15-7-8-18-13-6-5-11(3)12(4)9-13/h5-6,9-10H,7-8H2,1-4H3,(H2,15,16,17). The van der Waals surface area contributed by atoms with Gasteiger partial charge in [0, 0.05) is 6.04 Å². The lowest BCUT2D eigenvalue weighted by atomic mass is 10.1. The Morgan fingerprint density at radius 1 is 1.28 bits per heavy atom. The minimum atomic E-state index is -0.159. The van der Waals surface area contributed by atoms with Crippen molar-refractivity contribution >= 4 is 6.03 Å². The lowest BCUT2D eigenvalue weighted by molar-refractivity contribution is 0.234. The van der Waals surface area contributed by atoms with Gasteiger partial charge in [0.05, 0.1) is 6.54 Å². The predicted octanol–water partition coefficient (Wildman–Crippen LogP) is 2.39. The lowest BCUT2D eigenvalue weighted by Crippen LogP contribution is -2.41. The second kappa shape index (κ2) is 6.89. The van der Waals surface area contributed by atoms with Crippen LogP contribution in [0.4, 0.5) is 4.79 Å². The largest absolute Gasteiger partial charge is 0.492 e. The Balaban J connectivity index is 2.25. The van der Waals surface area contributed by atoms with E-state index < -0.39 is 0 Å². The smallest absolute Gasteiger partial charge is 0.315 e. The molecule has 0 spiro atoms. The number of amides is 2. The molecule has 0 aliphatic carbocycles. The first-order chi connectivity index (χ1) is 8.49. The SMILES string of the molecule is Cc1ccc(OCCNC(=O)NC(C)C)cc1C. The zero-order chi connectivity index (χ0) is 13.5. The first kappa shape index (κ1) is 14.4. The van der Waals surface area contributed by atoms with Gasteiger partial charge in [0.15, 0.2) is 0 Å². The fourth-order valence-electron chi connectivity index (χ4n) is 1.45. The van der Waals surface area contributed by atoms with Gasteiger partial charge < -0.3 is 15.4 Å². The first-order valence-corrected chi connectivity index (χ1v) is 6.23. The number of rotatable bonds is 5. The lowest BCUT2D eigenvalue weighted by Gasteiger charge is -2.11. The fourth-order valence-corrected chi connectivity index (χ4v) is 1.45. The Bertz CT molecular complexity index is 403. The molecular weight excluding hydrogens is 228 g/mol. The summed E-state index contributed by atoms with van der Waals surface area (Å²) in [5.74, 6) is 0.837. The summed E-state index contributed by atoms with van der Waals surface area (Å²) in [6.07, 6.45) is 0. The molecule has 0 unspecified atom stereocenters. The highest BCUT2D eigenvalue weighted by Gasteiger charge is 2.01. The molecule has 2 N–H and O–H groups in total. The molecule has 0 aliphatic heterocycles. The van der Waals surface area contributed by atoms with E-state index in [0.29, 0.717) is 13.2 Å². The van der Waals surface area contributed by atoms with Crippen molar-refractivity contribution in [2.45, 2.75) is 33.7 Å². The topological polar surface area (TPSA) is 50.4 Å². The maximum atomic E-state index is 11.3. The minimum Gasteiger partial charge on any atom is -0.492 e. The summed E-state index contributed by atoms with van der Waals surface area (Å²) in [7, 11) is 0. The van der Waals surface area contributed by atoms with Crippen LogP contribution in [0.2, 0.25) is 0 Å². The summed E-state index contributed by atoms with van der Waals surface area (Å²) in [5.41, 5.74) is 2.45. The summed E-state index contributed by atoms with van der Waals surface area (Å²) in [6, 6.07) is 5.96. The van der Waals surface area contributed by atoms with Crippen molar-refractivity contribution in [1.29, 1.82) is 0 Å². The second-order valence-electron chi connectivity index (χ2n) is 4.65. The Morgan fingerprint density at radius 3 is 2.61 bits per heavy atom. The molecule has 0 aromatic heterocycles. The van der Waals surface area contributed by atoms with Crippen LogP contribution in [-0.2, 0) is 0 Å². The van der Waals surface area contributed by atoms with E-state index in [2.05, 4.69) is 24.5 Å². The monoisotopic (exact) mass is 250 g/mol. The van der Waals surface area contributed by atoms with Gasteiger partial charge >= 0.3 is 6.03 Å². The third-order valence-corrected chi connectivity index (χ3v) is 2.55. The molecule has 100 valence electrons. The number of carbonyl (C=O) groups is 1. The number of carbonyl (C=O) groups excluding carboxylic acids is 1. The fraction of sp³-hybridized carbons (Fsp3) is 0.500. The summed E-state index contributed by atoms with van der Waals surface area (Å²) in [4.78, 5) is 11.3. The van der Waals surface area contributed by atoms with E-state index in [1.54, 1.807) is 0 Å². The third-order valence-electron chi connectivity index (χ3n) is 2.55. The molecule has 0 radical (unpaired) electrons. The highest BCUT2D eigenvalue weighted by atomic mass is 16.5. The predicted molar refractivity (Wildman–Crippen MR) is 73.1 cm³/mol. The zero-order valence-electron chi connectivity index (χ0n) is 11.5. The normalized spacial score (nSPS) is 10.3. The van der Waals surface area contributed by atoms with E-state index in [0.717, 1.165) is 5.75 Å². The van der Waals surface area contributed by atoms with Crippen molar-refractivity contribution in [3.63, 3.8) is 0 Å². The van der Waals surface area contributed by atoms with Crippen LogP contribution in [0, 0.1) is 13.8 Å². The molecule has 2 amide bonds. The van der Waals surface area contributed by atoms with E-state index in [1.807, 2.05) is 32.0 Å². The van der Waals surface area contributed by atoms with Gasteiger partial charge in [-0.1, -0.05) is 6.07 Å². The Labute approximate surface area is 109 Å². The van der Waals surface area contributed by atoms with Crippen molar-refractivity contribution in [1.82, 2.24) is 10.6 Å². The van der Waals surface area contributed by atoms with Crippen molar-refractivity contribution in [3.05, 3.63) is 29.3 Å². The average molecular weight is 250 g/mol. The summed E-state index contributed by atoms with van der Waals surface area (Å²) in [6.45, 7) is 8.92. The molecule has 0 bridgehead atoms. The van der Waals surface area contributed by atoms with Crippen LogP contribution in [0.25, 0.3) is 0 Å². The number of ether oxygens (including phenoxy) is 1. The number of urea groups is 1. The van der Waals surface area contributed by atoms with Crippen molar-refractivity contribution < 1.29 is 9.53 Å². The van der Waals surface area contributed by atoms with Gasteiger partial charge in [-0.3, -0.25) is 0 Å². The van der Waals surface area contributed by atoms with Crippen LogP contribution in [-0.4, -0.2) is 25.2 Å². The summed E-state index contributed by atoms with van der Waals surface area (Å²) < 4.78 is 5.55. The third kappa shape index (κ3) is 5.08. The molecule has 0 saturated carbocycles. The second-order valence-corrected chi connectivity index (χ2v) is 4.65. The van der Waals surface area contributed by atoms with Gasteiger partial charge in [-0.15, -0.1) is 0 Å². The number of nitrogens with one attached hydrogen (secondary N) is 2. The van der Waals surface area contributed by atoms with E-state index in [4.69, 9.17) is 4.74 Å². The van der Waals surface area contributed by atoms with Crippen molar-refractivity contribution in [2.75, 3.05) is 13.2 Å². The first-order valence-electron chi connectivity index (χ1n) is 6.23. The molecule has 0 aliphatic rings. The van der Waals surface area contributed by atoms with E-state index >= 15 is 0 Å². The molecule has 0 atom stereocenters. The molecule has 1 aromatic rings.